The van der Waals surface area contributed by atoms with Crippen molar-refractivity contribution in [3.05, 3.63) is 53.9 Å². The largest absolute Gasteiger partial charge is 0.493 e. The number of ether oxygens (including phenoxy) is 2. The van der Waals surface area contributed by atoms with Gasteiger partial charge in [-0.2, -0.15) is 0 Å². The molecule has 2 aromatic rings. The number of thioether (sulfide) groups is 1. The van der Waals surface area contributed by atoms with Gasteiger partial charge in [0.2, 0.25) is 0 Å². The van der Waals surface area contributed by atoms with Crippen LogP contribution >= 0.6 is 11.8 Å². The highest BCUT2D eigenvalue weighted by molar-refractivity contribution is 8.14. The highest BCUT2D eigenvalue weighted by atomic mass is 32.2. The molecule has 0 spiro atoms. The normalized spacial score (nSPS) is 21.2. The summed E-state index contributed by atoms with van der Waals surface area (Å²) < 4.78 is 10.7. The van der Waals surface area contributed by atoms with E-state index in [1.807, 2.05) is 42.2 Å². The molecule has 1 unspecified atom stereocenters. The van der Waals surface area contributed by atoms with Crippen LogP contribution in [-0.4, -0.2) is 46.7 Å². The van der Waals surface area contributed by atoms with Crippen molar-refractivity contribution in [2.45, 2.75) is 19.2 Å². The van der Waals surface area contributed by atoms with Crippen molar-refractivity contribution in [2.24, 2.45) is 4.99 Å². The van der Waals surface area contributed by atoms with Gasteiger partial charge in [-0.15, -0.1) is 0 Å². The molecule has 1 fully saturated rings. The quantitative estimate of drug-likeness (QED) is 0.840. The maximum atomic E-state index is 11.4. The first-order chi connectivity index (χ1) is 12.6. The summed E-state index contributed by atoms with van der Waals surface area (Å²) in [6.07, 6.45) is 3.55. The van der Waals surface area contributed by atoms with Crippen LogP contribution in [0.1, 0.15) is 18.1 Å². The van der Waals surface area contributed by atoms with Gasteiger partial charge >= 0.3 is 0 Å². The van der Waals surface area contributed by atoms with E-state index in [0.717, 1.165) is 16.3 Å². The molecule has 1 aliphatic rings. The van der Waals surface area contributed by atoms with Gasteiger partial charge in [-0.25, -0.2) is 0 Å². The van der Waals surface area contributed by atoms with Crippen LogP contribution in [0.5, 0.6) is 11.5 Å². The monoisotopic (exact) mass is 373 g/mol. The van der Waals surface area contributed by atoms with Crippen LogP contribution in [0.4, 0.5) is 0 Å². The van der Waals surface area contributed by atoms with E-state index in [4.69, 9.17) is 14.5 Å². The second-order valence-electron chi connectivity index (χ2n) is 5.88. The molecule has 1 N–H and O–H groups in total. The van der Waals surface area contributed by atoms with Crippen LogP contribution < -0.4 is 9.47 Å². The standard InChI is InChI=1S/C19H23N3O3S/c1-4-22-18(21-12-14-6-5-9-20-11-14)26-13-19(22,23)15-7-8-16(24-2)17(10-15)25-3/h5-11,23H,4,12-13H2,1-3H3. The lowest BCUT2D eigenvalue weighted by atomic mass is 10.0. The third-order valence-corrected chi connectivity index (χ3v) is 5.52. The van der Waals surface area contributed by atoms with E-state index < -0.39 is 5.72 Å². The van der Waals surface area contributed by atoms with Gasteiger partial charge in [0, 0.05) is 24.5 Å². The first kappa shape index (κ1) is 18.5. The molecular weight excluding hydrogens is 350 g/mol. The van der Waals surface area contributed by atoms with Crippen LogP contribution in [0.15, 0.2) is 47.7 Å². The van der Waals surface area contributed by atoms with Crippen molar-refractivity contribution < 1.29 is 14.6 Å². The molecule has 0 amide bonds. The minimum absolute atomic E-state index is 0.502. The molecule has 6 nitrogen and oxygen atoms in total. The molecule has 1 saturated heterocycles. The minimum Gasteiger partial charge on any atom is -0.493 e. The van der Waals surface area contributed by atoms with Gasteiger partial charge in [-0.3, -0.25) is 9.98 Å². The smallest absolute Gasteiger partial charge is 0.175 e. The molecular formula is C19H23N3O3S. The Balaban J connectivity index is 1.88. The average Bonchev–Trinajstić information content (AvgIpc) is 3.03. The predicted molar refractivity (Wildman–Crippen MR) is 104 cm³/mol. The Morgan fingerprint density at radius 3 is 2.73 bits per heavy atom. The van der Waals surface area contributed by atoms with Crippen LogP contribution in [0, 0.1) is 0 Å². The number of aliphatic hydroxyl groups is 1. The molecule has 0 radical (unpaired) electrons. The summed E-state index contributed by atoms with van der Waals surface area (Å²) in [6.45, 7) is 3.19. The molecule has 26 heavy (non-hydrogen) atoms. The Bertz CT molecular complexity index is 785. The molecule has 0 saturated carbocycles. The predicted octanol–water partition coefficient (Wildman–Crippen LogP) is 2.87. The first-order valence-electron chi connectivity index (χ1n) is 8.41. The van der Waals surface area contributed by atoms with Crippen LogP contribution in [0.3, 0.4) is 0 Å². The molecule has 0 aliphatic carbocycles. The van der Waals surface area contributed by atoms with E-state index in [1.54, 1.807) is 38.4 Å². The van der Waals surface area contributed by atoms with Crippen molar-refractivity contribution in [2.75, 3.05) is 26.5 Å². The van der Waals surface area contributed by atoms with E-state index in [2.05, 4.69) is 4.98 Å². The average molecular weight is 373 g/mol. The maximum Gasteiger partial charge on any atom is 0.175 e. The minimum atomic E-state index is -1.13. The Morgan fingerprint density at radius 1 is 1.27 bits per heavy atom. The van der Waals surface area contributed by atoms with Crippen molar-refractivity contribution in [1.82, 2.24) is 9.88 Å². The fourth-order valence-corrected chi connectivity index (χ4v) is 4.23. The number of aliphatic imine (C=N–C) groups is 1. The first-order valence-corrected chi connectivity index (χ1v) is 9.39. The lowest BCUT2D eigenvalue weighted by Gasteiger charge is -2.34. The zero-order valence-corrected chi connectivity index (χ0v) is 16.0. The van der Waals surface area contributed by atoms with Gasteiger partial charge in [0.15, 0.2) is 22.4 Å². The van der Waals surface area contributed by atoms with E-state index >= 15 is 0 Å². The number of hydrogen-bond acceptors (Lipinski definition) is 6. The van der Waals surface area contributed by atoms with Gasteiger partial charge < -0.3 is 19.5 Å². The van der Waals surface area contributed by atoms with E-state index in [1.165, 1.54) is 0 Å². The zero-order valence-electron chi connectivity index (χ0n) is 15.2. The Kier molecular flexibility index (Phi) is 5.68. The summed E-state index contributed by atoms with van der Waals surface area (Å²) in [4.78, 5) is 10.7. The number of hydrogen-bond donors (Lipinski definition) is 1. The van der Waals surface area contributed by atoms with Crippen LogP contribution in [0.25, 0.3) is 0 Å². The number of pyridine rings is 1. The van der Waals surface area contributed by atoms with Crippen molar-refractivity contribution in [3.63, 3.8) is 0 Å². The zero-order chi connectivity index (χ0) is 18.6. The van der Waals surface area contributed by atoms with Gasteiger partial charge in [-0.05, 0) is 30.7 Å². The Hall–Kier alpha value is -2.25. The van der Waals surface area contributed by atoms with Crippen LogP contribution in [0.2, 0.25) is 0 Å². The lowest BCUT2D eigenvalue weighted by molar-refractivity contribution is -0.0455. The number of aromatic nitrogens is 1. The molecule has 1 aliphatic heterocycles. The summed E-state index contributed by atoms with van der Waals surface area (Å²) in [6, 6.07) is 9.40. The van der Waals surface area contributed by atoms with Gasteiger partial charge in [0.25, 0.3) is 0 Å². The number of benzene rings is 1. The summed E-state index contributed by atoms with van der Waals surface area (Å²) in [5, 5.41) is 12.2. The summed E-state index contributed by atoms with van der Waals surface area (Å²) >= 11 is 1.55. The molecule has 3 rings (SSSR count). The summed E-state index contributed by atoms with van der Waals surface area (Å²) in [5.74, 6) is 1.74. The Morgan fingerprint density at radius 2 is 2.08 bits per heavy atom. The molecule has 138 valence electrons. The third kappa shape index (κ3) is 3.50. The highest BCUT2D eigenvalue weighted by Crippen LogP contribution is 2.41. The number of rotatable bonds is 6. The number of amidine groups is 1. The van der Waals surface area contributed by atoms with Gasteiger partial charge in [0.1, 0.15) is 0 Å². The second kappa shape index (κ2) is 7.97. The lowest BCUT2D eigenvalue weighted by Crippen LogP contribution is -2.44. The molecule has 1 aromatic carbocycles. The number of methoxy groups -OCH3 is 2. The van der Waals surface area contributed by atoms with Gasteiger partial charge in [-0.1, -0.05) is 23.9 Å². The SMILES string of the molecule is CCN1C(=NCc2cccnc2)SCC1(O)c1ccc(OC)c(OC)c1. The highest BCUT2D eigenvalue weighted by Gasteiger charge is 2.44. The fraction of sp³-hybridized carbons (Fsp3) is 0.368. The van der Waals surface area contributed by atoms with E-state index in [0.29, 0.717) is 30.3 Å². The van der Waals surface area contributed by atoms with Gasteiger partial charge in [0.05, 0.1) is 26.5 Å². The molecule has 1 aromatic heterocycles. The van der Waals surface area contributed by atoms with Crippen molar-refractivity contribution in [3.8, 4) is 11.5 Å². The van der Waals surface area contributed by atoms with Crippen LogP contribution in [-0.2, 0) is 12.3 Å². The molecule has 2 heterocycles. The second-order valence-corrected chi connectivity index (χ2v) is 6.82. The number of nitrogens with zero attached hydrogens (tertiary/aromatic N) is 3. The molecule has 0 bridgehead atoms. The molecule has 7 heteroatoms. The fourth-order valence-electron chi connectivity index (χ4n) is 2.98. The third-order valence-electron chi connectivity index (χ3n) is 4.36. The summed E-state index contributed by atoms with van der Waals surface area (Å²) in [7, 11) is 3.19. The summed E-state index contributed by atoms with van der Waals surface area (Å²) in [5.41, 5.74) is 0.668. The maximum absolute atomic E-state index is 11.4. The van der Waals surface area contributed by atoms with Crippen molar-refractivity contribution >= 4 is 16.9 Å². The van der Waals surface area contributed by atoms with E-state index in [9.17, 15) is 5.11 Å². The van der Waals surface area contributed by atoms with Crippen molar-refractivity contribution in [1.29, 1.82) is 0 Å². The topological polar surface area (TPSA) is 67.2 Å². The molecule has 1 atom stereocenters. The Labute approximate surface area is 157 Å². The van der Waals surface area contributed by atoms with E-state index in [-0.39, 0.29) is 0 Å².